The number of hydrogen-bond donors (Lipinski definition) is 0. The Kier molecular flexibility index (Phi) is 4.04. The van der Waals surface area contributed by atoms with Crippen LogP contribution in [0.25, 0.3) is 0 Å². The van der Waals surface area contributed by atoms with E-state index >= 15 is 0 Å². The molecule has 6 nitrogen and oxygen atoms in total. The molecule has 0 fully saturated rings. The largest absolute Gasteiger partial charge is 0.468 e. The van der Waals surface area contributed by atoms with Crippen molar-refractivity contribution in [3.8, 4) is 0 Å². The van der Waals surface area contributed by atoms with Gasteiger partial charge in [0.15, 0.2) is 0 Å². The van der Waals surface area contributed by atoms with E-state index in [0.717, 1.165) is 0 Å². The van der Waals surface area contributed by atoms with Crippen molar-refractivity contribution < 1.29 is 14.3 Å². The molecular weight excluding hydrogens is 210 g/mol. The second kappa shape index (κ2) is 5.29. The fourth-order valence-electron chi connectivity index (χ4n) is 1.28. The molecule has 16 heavy (non-hydrogen) atoms. The molecule has 0 saturated heterocycles. The Balaban J connectivity index is 2.60. The third-order valence-corrected chi connectivity index (χ3v) is 2.25. The summed E-state index contributed by atoms with van der Waals surface area (Å²) in [5.74, 6) is -0.627. The maximum atomic E-state index is 11.9. The Hall–Kier alpha value is -1.85. The lowest BCUT2D eigenvalue weighted by atomic mass is 10.3. The Morgan fingerprint density at radius 2 is 2.25 bits per heavy atom. The lowest BCUT2D eigenvalue weighted by molar-refractivity contribution is -0.147. The number of aromatic nitrogens is 2. The number of carbonyl (C=O) groups is 2. The molecule has 0 N–H and O–H groups in total. The van der Waals surface area contributed by atoms with Crippen LogP contribution in [0.15, 0.2) is 18.5 Å². The van der Waals surface area contributed by atoms with Gasteiger partial charge in [0.05, 0.1) is 7.11 Å². The first-order chi connectivity index (χ1) is 7.56. The van der Waals surface area contributed by atoms with E-state index in [1.807, 2.05) is 0 Å². The van der Waals surface area contributed by atoms with E-state index in [4.69, 9.17) is 0 Å². The summed E-state index contributed by atoms with van der Waals surface area (Å²) in [7, 11) is 2.84. The summed E-state index contributed by atoms with van der Waals surface area (Å²) in [6, 6.07) is 1.31. The number of likely N-dealkylation sites (N-methyl/N-ethyl adjacent to an activating group) is 1. The zero-order valence-corrected chi connectivity index (χ0v) is 9.58. The quantitative estimate of drug-likeness (QED) is 0.680. The van der Waals surface area contributed by atoms with Crippen LogP contribution in [0.5, 0.6) is 0 Å². The van der Waals surface area contributed by atoms with Gasteiger partial charge in [0, 0.05) is 19.4 Å². The Morgan fingerprint density at radius 1 is 1.56 bits per heavy atom. The van der Waals surface area contributed by atoms with Crippen LogP contribution in [0.3, 0.4) is 0 Å². The van der Waals surface area contributed by atoms with Crippen LogP contribution in [-0.2, 0) is 14.3 Å². The van der Waals surface area contributed by atoms with Crippen LogP contribution < -0.4 is 0 Å². The maximum absolute atomic E-state index is 11.9. The monoisotopic (exact) mass is 225 g/mol. The molecule has 6 heteroatoms. The van der Waals surface area contributed by atoms with Crippen LogP contribution in [0.4, 0.5) is 0 Å². The summed E-state index contributed by atoms with van der Waals surface area (Å²) in [6.45, 7) is 1.67. The third-order valence-electron chi connectivity index (χ3n) is 2.25. The average Bonchev–Trinajstić information content (AvgIpc) is 2.80. The summed E-state index contributed by atoms with van der Waals surface area (Å²) in [5, 5.41) is 3.97. The maximum Gasteiger partial charge on any atom is 0.325 e. The summed E-state index contributed by atoms with van der Waals surface area (Å²) in [6.07, 6.45) is 3.30. The summed E-state index contributed by atoms with van der Waals surface area (Å²) < 4.78 is 6.02. The van der Waals surface area contributed by atoms with Gasteiger partial charge in [-0.2, -0.15) is 5.10 Å². The van der Waals surface area contributed by atoms with Gasteiger partial charge in [-0.25, -0.2) is 0 Å². The fraction of sp³-hybridized carbons (Fsp3) is 0.500. The predicted molar refractivity (Wildman–Crippen MR) is 56.6 cm³/mol. The van der Waals surface area contributed by atoms with E-state index in [0.29, 0.717) is 0 Å². The van der Waals surface area contributed by atoms with Crippen molar-refractivity contribution in [3.05, 3.63) is 18.5 Å². The fourth-order valence-corrected chi connectivity index (χ4v) is 1.28. The highest BCUT2D eigenvalue weighted by molar-refractivity contribution is 5.84. The first-order valence-corrected chi connectivity index (χ1v) is 4.87. The van der Waals surface area contributed by atoms with Crippen LogP contribution in [0.1, 0.15) is 13.0 Å². The number of amides is 1. The molecule has 1 aromatic heterocycles. The van der Waals surface area contributed by atoms with Crippen molar-refractivity contribution in [2.75, 3.05) is 20.7 Å². The van der Waals surface area contributed by atoms with Crippen LogP contribution in [-0.4, -0.2) is 47.3 Å². The molecule has 0 aliphatic rings. The molecule has 1 heterocycles. The topological polar surface area (TPSA) is 64.4 Å². The second-order valence-electron chi connectivity index (χ2n) is 3.43. The van der Waals surface area contributed by atoms with Gasteiger partial charge >= 0.3 is 5.97 Å². The summed E-state index contributed by atoms with van der Waals surface area (Å²) in [4.78, 5) is 24.2. The molecule has 0 saturated carbocycles. The highest BCUT2D eigenvalue weighted by Gasteiger charge is 2.21. The predicted octanol–water partition coefficient (Wildman–Crippen LogP) is 0.0755. The van der Waals surface area contributed by atoms with E-state index in [1.54, 1.807) is 32.4 Å². The number of esters is 1. The summed E-state index contributed by atoms with van der Waals surface area (Å²) in [5.41, 5.74) is 0. The number of rotatable bonds is 4. The number of ether oxygens (including phenoxy) is 1. The van der Waals surface area contributed by atoms with Gasteiger partial charge in [0.25, 0.3) is 0 Å². The molecule has 0 aliphatic carbocycles. The Labute approximate surface area is 93.8 Å². The molecule has 88 valence electrons. The number of carbonyl (C=O) groups excluding carboxylic acids is 2. The van der Waals surface area contributed by atoms with E-state index in [-0.39, 0.29) is 12.5 Å². The van der Waals surface area contributed by atoms with Crippen molar-refractivity contribution in [2.45, 2.75) is 13.0 Å². The van der Waals surface area contributed by atoms with E-state index in [2.05, 4.69) is 9.84 Å². The van der Waals surface area contributed by atoms with E-state index in [9.17, 15) is 9.59 Å². The lowest BCUT2D eigenvalue weighted by Crippen LogP contribution is -2.37. The molecule has 0 aliphatic heterocycles. The zero-order valence-electron chi connectivity index (χ0n) is 9.58. The molecule has 0 bridgehead atoms. The molecule has 1 aromatic rings. The van der Waals surface area contributed by atoms with Crippen molar-refractivity contribution in [2.24, 2.45) is 0 Å². The summed E-state index contributed by atoms with van der Waals surface area (Å²) >= 11 is 0. The van der Waals surface area contributed by atoms with Crippen LogP contribution in [0.2, 0.25) is 0 Å². The number of hydrogen-bond acceptors (Lipinski definition) is 4. The van der Waals surface area contributed by atoms with Crippen molar-refractivity contribution in [3.63, 3.8) is 0 Å². The highest BCUT2D eigenvalue weighted by Crippen LogP contribution is 2.07. The van der Waals surface area contributed by atoms with Crippen molar-refractivity contribution in [1.82, 2.24) is 14.7 Å². The number of methoxy groups -OCH3 is 1. The standard InChI is InChI=1S/C10H15N3O3/c1-8(13-6-4-5-11-13)10(15)12(2)7-9(14)16-3/h4-6,8H,7H2,1-3H3. The second-order valence-corrected chi connectivity index (χ2v) is 3.43. The first kappa shape index (κ1) is 12.2. The third kappa shape index (κ3) is 2.82. The van der Waals surface area contributed by atoms with Gasteiger partial charge in [0.1, 0.15) is 12.6 Å². The molecule has 1 atom stereocenters. The van der Waals surface area contributed by atoms with Gasteiger partial charge in [0.2, 0.25) is 5.91 Å². The molecule has 1 rings (SSSR count). The van der Waals surface area contributed by atoms with Gasteiger partial charge in [-0.1, -0.05) is 0 Å². The minimum Gasteiger partial charge on any atom is -0.468 e. The molecule has 0 radical (unpaired) electrons. The van der Waals surface area contributed by atoms with Crippen LogP contribution >= 0.6 is 0 Å². The number of nitrogens with zero attached hydrogens (tertiary/aromatic N) is 3. The van der Waals surface area contributed by atoms with Gasteiger partial charge in [-0.3, -0.25) is 14.3 Å². The molecule has 1 unspecified atom stereocenters. The Bertz CT molecular complexity index is 361. The minimum atomic E-state index is -0.441. The van der Waals surface area contributed by atoms with E-state index in [1.165, 1.54) is 16.7 Å². The molecular formula is C10H15N3O3. The SMILES string of the molecule is COC(=O)CN(C)C(=O)C(C)n1cccn1. The van der Waals surface area contributed by atoms with Gasteiger partial charge < -0.3 is 9.64 Å². The molecule has 1 amide bonds. The Morgan fingerprint density at radius 3 is 2.75 bits per heavy atom. The van der Waals surface area contributed by atoms with Crippen molar-refractivity contribution >= 4 is 11.9 Å². The highest BCUT2D eigenvalue weighted by atomic mass is 16.5. The zero-order chi connectivity index (χ0) is 12.1. The van der Waals surface area contributed by atoms with Crippen molar-refractivity contribution in [1.29, 1.82) is 0 Å². The average molecular weight is 225 g/mol. The minimum absolute atomic E-state index is 0.0546. The van der Waals surface area contributed by atoms with Gasteiger partial charge in [-0.05, 0) is 13.0 Å². The lowest BCUT2D eigenvalue weighted by Gasteiger charge is -2.20. The van der Waals surface area contributed by atoms with Crippen LogP contribution in [0, 0.1) is 0 Å². The molecule has 0 aromatic carbocycles. The van der Waals surface area contributed by atoms with E-state index < -0.39 is 12.0 Å². The normalized spacial score (nSPS) is 11.9. The van der Waals surface area contributed by atoms with Gasteiger partial charge in [-0.15, -0.1) is 0 Å². The smallest absolute Gasteiger partial charge is 0.325 e. The molecule has 0 spiro atoms. The first-order valence-electron chi connectivity index (χ1n) is 4.87.